The van der Waals surface area contributed by atoms with E-state index < -0.39 is 87.9 Å². The van der Waals surface area contributed by atoms with Crippen molar-refractivity contribution in [2.45, 2.75) is 81.3 Å². The highest BCUT2D eigenvalue weighted by molar-refractivity contribution is 8.00. The van der Waals surface area contributed by atoms with Crippen molar-refractivity contribution in [2.24, 2.45) is 5.92 Å². The Labute approximate surface area is 318 Å². The first-order valence-corrected chi connectivity index (χ1v) is 18.3. The number of piperidine rings is 1. The summed E-state index contributed by atoms with van der Waals surface area (Å²) < 4.78 is 82.5. The number of likely N-dealkylation sites (tertiary alicyclic amines) is 1. The number of carbonyl (C=O) groups is 2. The molecule has 0 aliphatic carbocycles. The van der Waals surface area contributed by atoms with Crippen LogP contribution in [0.1, 0.15) is 46.7 Å². The number of hydrogen-bond acceptors (Lipinski definition) is 12. The minimum absolute atomic E-state index is 0.000631. The van der Waals surface area contributed by atoms with Crippen LogP contribution in [0.4, 0.5) is 22.4 Å². The van der Waals surface area contributed by atoms with Crippen molar-refractivity contribution in [2.75, 3.05) is 26.8 Å². The van der Waals surface area contributed by atoms with E-state index in [-0.39, 0.29) is 31.0 Å². The number of amides is 1. The number of carbonyl (C=O) groups excluding carboxylic acids is 2. The minimum atomic E-state index is -1.62. The van der Waals surface area contributed by atoms with Crippen LogP contribution in [0.3, 0.4) is 0 Å². The molecule has 2 aliphatic rings. The van der Waals surface area contributed by atoms with E-state index in [1.165, 1.54) is 64.5 Å². The normalized spacial score (nSPS) is 25.8. The molecule has 4 aromatic rings. The number of hydrogen-bond donors (Lipinski definition) is 1. The highest BCUT2D eigenvalue weighted by Crippen LogP contribution is 2.44. The zero-order chi connectivity index (χ0) is 39.8. The van der Waals surface area contributed by atoms with E-state index in [2.05, 4.69) is 20.6 Å². The number of benzene rings is 2. The van der Waals surface area contributed by atoms with Gasteiger partial charge in [0.05, 0.1) is 41.9 Å². The van der Waals surface area contributed by atoms with Gasteiger partial charge in [-0.15, -0.1) is 22.0 Å². The Morgan fingerprint density at radius 2 is 1.64 bits per heavy atom. The van der Waals surface area contributed by atoms with Crippen molar-refractivity contribution in [3.8, 4) is 22.5 Å². The summed E-state index contributed by atoms with van der Waals surface area (Å²) in [5.41, 5.74) is -0.898. The van der Waals surface area contributed by atoms with Gasteiger partial charge in [0, 0.05) is 44.2 Å². The summed E-state index contributed by atoms with van der Waals surface area (Å²) in [5.74, 6) is -5.86. The Bertz CT molecular complexity index is 1990. The maximum Gasteiger partial charge on any atom is 0.410 e. The maximum absolute atomic E-state index is 14.1. The Balaban J connectivity index is 1.33. The number of ether oxygens (including phenoxy) is 4. The summed E-state index contributed by atoms with van der Waals surface area (Å²) in [4.78, 5) is 26.9. The molecule has 2 aromatic heterocycles. The van der Waals surface area contributed by atoms with Crippen LogP contribution in [-0.4, -0.2) is 113 Å². The largest absolute Gasteiger partial charge is 0.463 e. The van der Waals surface area contributed by atoms with Crippen LogP contribution >= 0.6 is 11.8 Å². The van der Waals surface area contributed by atoms with Crippen molar-refractivity contribution in [1.29, 1.82) is 0 Å². The molecule has 8 unspecified atom stereocenters. The molecule has 2 saturated heterocycles. The molecule has 4 heterocycles. The zero-order valence-corrected chi connectivity index (χ0v) is 31.6. The lowest BCUT2D eigenvalue weighted by Crippen LogP contribution is -2.57. The Morgan fingerprint density at radius 1 is 0.982 bits per heavy atom. The van der Waals surface area contributed by atoms with Crippen molar-refractivity contribution in [1.82, 2.24) is 34.9 Å². The van der Waals surface area contributed by atoms with Crippen molar-refractivity contribution in [3.05, 3.63) is 72.1 Å². The van der Waals surface area contributed by atoms with Gasteiger partial charge >= 0.3 is 12.1 Å². The van der Waals surface area contributed by atoms with Gasteiger partial charge in [-0.25, -0.2) is 31.7 Å². The first-order chi connectivity index (χ1) is 26.0. The number of nitrogens with zero attached hydrogens (tertiary/aromatic N) is 7. The van der Waals surface area contributed by atoms with E-state index >= 15 is 0 Å². The van der Waals surface area contributed by atoms with Gasteiger partial charge in [-0.2, -0.15) is 0 Å². The third-order valence-corrected chi connectivity index (χ3v) is 10.8. The van der Waals surface area contributed by atoms with E-state index in [1.54, 1.807) is 33.0 Å². The molecule has 0 radical (unpaired) electrons. The topological polar surface area (TPSA) is 156 Å². The second-order valence-corrected chi connectivity index (χ2v) is 15.8. The second kappa shape index (κ2) is 16.3. The van der Waals surface area contributed by atoms with Gasteiger partial charge in [0.25, 0.3) is 0 Å². The first-order valence-electron chi connectivity index (χ1n) is 17.4. The standard InChI is InChI=1S/C36H41F4N7O7S/c1-18-28(17-52-19(2)48)53-34(33(51-6)31(18)47-14-26(42-44-47)21-11-23(38)30(40)24(39)12-21)55-29-16-45(35(50)54-36(3,4)5)15-27(32(29)49)46-13-25(41-43-46)20-8-7-9-22(37)10-20/h7-14,18,27-29,31-34,49H,15-17H2,1-6H3. The molecule has 19 heteroatoms. The lowest BCUT2D eigenvalue weighted by molar-refractivity contribution is -0.172. The van der Waals surface area contributed by atoms with Crippen molar-refractivity contribution >= 4 is 23.8 Å². The van der Waals surface area contributed by atoms with Crippen LogP contribution in [0.25, 0.3) is 22.5 Å². The smallest absolute Gasteiger partial charge is 0.410 e. The predicted molar refractivity (Wildman–Crippen MR) is 189 cm³/mol. The van der Waals surface area contributed by atoms with E-state index in [0.29, 0.717) is 11.3 Å². The molecule has 2 aromatic carbocycles. The Kier molecular flexibility index (Phi) is 11.8. The highest BCUT2D eigenvalue weighted by Gasteiger charge is 2.50. The SMILES string of the molecule is COC1C(SC2CN(C(=O)OC(C)(C)C)CC(n3cc(-c4cccc(F)c4)nn3)C2O)OC(COC(C)=O)C(C)C1n1cc(-c2cc(F)c(F)c(F)c2)nn1. The summed E-state index contributed by atoms with van der Waals surface area (Å²) in [6.45, 7) is 8.14. The van der Waals surface area contributed by atoms with Gasteiger partial charge in [-0.05, 0) is 45.0 Å². The van der Waals surface area contributed by atoms with Gasteiger partial charge in [0.15, 0.2) is 17.5 Å². The summed E-state index contributed by atoms with van der Waals surface area (Å²) in [5, 5.41) is 28.0. The number of aromatic nitrogens is 6. The van der Waals surface area contributed by atoms with Crippen LogP contribution in [0.5, 0.6) is 0 Å². The molecule has 6 rings (SSSR count). The summed E-state index contributed by atoms with van der Waals surface area (Å²) in [7, 11) is 1.45. The number of thioether (sulfide) groups is 1. The average molecular weight is 792 g/mol. The molecule has 0 saturated carbocycles. The zero-order valence-electron chi connectivity index (χ0n) is 30.8. The van der Waals surface area contributed by atoms with Gasteiger partial charge in [0.1, 0.15) is 41.0 Å². The van der Waals surface area contributed by atoms with Gasteiger partial charge < -0.3 is 29.0 Å². The molecule has 14 nitrogen and oxygen atoms in total. The number of halogens is 4. The molecular weight excluding hydrogens is 750 g/mol. The van der Waals surface area contributed by atoms with Gasteiger partial charge in [-0.1, -0.05) is 29.5 Å². The third kappa shape index (κ3) is 8.95. The lowest BCUT2D eigenvalue weighted by Gasteiger charge is -2.47. The average Bonchev–Trinajstić information content (AvgIpc) is 3.81. The highest BCUT2D eigenvalue weighted by atomic mass is 32.2. The fourth-order valence-corrected chi connectivity index (χ4v) is 8.25. The maximum atomic E-state index is 14.1. The molecule has 296 valence electrons. The van der Waals surface area contributed by atoms with Crippen LogP contribution in [0.2, 0.25) is 0 Å². The molecular formula is C36H41F4N7O7S. The van der Waals surface area contributed by atoms with Crippen molar-refractivity contribution < 1.29 is 51.2 Å². The number of methoxy groups -OCH3 is 1. The van der Waals surface area contributed by atoms with Gasteiger partial charge in [-0.3, -0.25) is 4.79 Å². The monoisotopic (exact) mass is 791 g/mol. The Morgan fingerprint density at radius 3 is 2.27 bits per heavy atom. The summed E-state index contributed by atoms with van der Waals surface area (Å²) in [6.07, 6.45) is -0.348. The fourth-order valence-electron chi connectivity index (χ4n) is 6.67. The molecule has 1 amide bonds. The molecule has 55 heavy (non-hydrogen) atoms. The minimum Gasteiger partial charge on any atom is -0.463 e. The van der Waals surface area contributed by atoms with Crippen molar-refractivity contribution in [3.63, 3.8) is 0 Å². The molecule has 1 N–H and O–H groups in total. The lowest BCUT2D eigenvalue weighted by atomic mass is 9.89. The number of esters is 1. The third-order valence-electron chi connectivity index (χ3n) is 9.37. The van der Waals surface area contributed by atoms with Crippen LogP contribution < -0.4 is 0 Å². The molecule has 8 atom stereocenters. The quantitative estimate of drug-likeness (QED) is 0.135. The summed E-state index contributed by atoms with van der Waals surface area (Å²) in [6, 6.07) is 5.92. The second-order valence-electron chi connectivity index (χ2n) is 14.4. The molecule has 0 spiro atoms. The number of aliphatic hydroxyl groups is 1. The molecule has 0 bridgehead atoms. The molecule has 2 fully saturated rings. The summed E-state index contributed by atoms with van der Waals surface area (Å²) >= 11 is 1.17. The van der Waals surface area contributed by atoms with Crippen LogP contribution in [0.15, 0.2) is 48.8 Å². The van der Waals surface area contributed by atoms with Crippen LogP contribution in [-0.2, 0) is 23.7 Å². The van der Waals surface area contributed by atoms with E-state index in [9.17, 15) is 32.3 Å². The first kappa shape index (κ1) is 40.1. The fraction of sp³-hybridized carbons (Fsp3) is 0.500. The molecule has 2 aliphatic heterocycles. The number of rotatable bonds is 9. The van der Waals surface area contributed by atoms with E-state index in [0.717, 1.165) is 12.1 Å². The van der Waals surface area contributed by atoms with Crippen LogP contribution in [0, 0.1) is 29.2 Å². The predicted octanol–water partition coefficient (Wildman–Crippen LogP) is 5.19. The van der Waals surface area contributed by atoms with E-state index in [1.807, 2.05) is 6.92 Å². The van der Waals surface area contributed by atoms with Gasteiger partial charge in [0.2, 0.25) is 0 Å². The van der Waals surface area contributed by atoms with E-state index in [4.69, 9.17) is 18.9 Å². The number of aliphatic hydroxyl groups excluding tert-OH is 1. The Hall–Kier alpha value is -4.59.